The fourth-order valence-electron chi connectivity index (χ4n) is 1.11. The summed E-state index contributed by atoms with van der Waals surface area (Å²) in [5.74, 6) is -9.52. The number of hydrogen-bond acceptors (Lipinski definition) is 0. The second-order valence-corrected chi connectivity index (χ2v) is 4.95. The maximum Gasteiger partial charge on any atom is 0.200 e. The molecule has 0 spiro atoms. The van der Waals surface area contributed by atoms with Crippen LogP contribution < -0.4 is 0 Å². The molecule has 0 N–H and O–H groups in total. The maximum absolute atomic E-state index is 13.1. The quantitative estimate of drug-likeness (QED) is 0.327. The monoisotopic (exact) mass is 366 g/mol. The van der Waals surface area contributed by atoms with E-state index in [1.165, 1.54) is 0 Å². The lowest BCUT2D eigenvalue weighted by Gasteiger charge is -2.10. The summed E-state index contributed by atoms with van der Waals surface area (Å²) in [7, 11) is 0. The fraction of sp³-hybridized carbons (Fsp3) is 0.333. The summed E-state index contributed by atoms with van der Waals surface area (Å²) in [5, 5.41) is 0.326. The minimum absolute atomic E-state index is 0.295. The van der Waals surface area contributed by atoms with E-state index in [1.54, 1.807) is 0 Å². The first-order chi connectivity index (χ1) is 7.40. The second kappa shape index (κ2) is 5.44. The third-order valence-electron chi connectivity index (χ3n) is 1.89. The summed E-state index contributed by atoms with van der Waals surface area (Å²) in [6, 6.07) is 0. The van der Waals surface area contributed by atoms with Crippen molar-refractivity contribution in [3.63, 3.8) is 0 Å². The first-order valence-electron chi connectivity index (χ1n) is 4.10. The van der Waals surface area contributed by atoms with Crippen LogP contribution in [0.4, 0.5) is 22.0 Å². The Kier molecular flexibility index (Phi) is 4.73. The molecule has 1 rings (SSSR count). The topological polar surface area (TPSA) is 0 Å². The van der Waals surface area contributed by atoms with Crippen molar-refractivity contribution in [1.82, 2.24) is 0 Å². The molecule has 0 heterocycles. The smallest absolute Gasteiger partial charge is 0.200 e. The van der Waals surface area contributed by atoms with Crippen LogP contribution >= 0.6 is 31.9 Å². The summed E-state index contributed by atoms with van der Waals surface area (Å²) in [5.41, 5.74) is -0.808. The van der Waals surface area contributed by atoms with Crippen molar-refractivity contribution in [3.8, 4) is 0 Å². The van der Waals surface area contributed by atoms with E-state index < -0.39 is 39.5 Å². The third kappa shape index (κ3) is 2.56. The van der Waals surface area contributed by atoms with Crippen LogP contribution in [0, 0.1) is 29.1 Å². The van der Waals surface area contributed by atoms with Crippen molar-refractivity contribution >= 4 is 31.9 Å². The first kappa shape index (κ1) is 13.9. The van der Waals surface area contributed by atoms with Crippen molar-refractivity contribution in [3.05, 3.63) is 34.6 Å². The van der Waals surface area contributed by atoms with Gasteiger partial charge in [0.25, 0.3) is 0 Å². The van der Waals surface area contributed by atoms with Crippen LogP contribution in [0.15, 0.2) is 0 Å². The Labute approximate surface area is 105 Å². The maximum atomic E-state index is 13.1. The van der Waals surface area contributed by atoms with Crippen molar-refractivity contribution in [2.24, 2.45) is 0 Å². The van der Waals surface area contributed by atoms with Crippen LogP contribution in [-0.4, -0.2) is 10.2 Å². The summed E-state index contributed by atoms with van der Waals surface area (Å²) in [4.78, 5) is -0.416. The Morgan fingerprint density at radius 3 is 1.56 bits per heavy atom. The fourth-order valence-corrected chi connectivity index (χ4v) is 1.66. The predicted octanol–water partition coefficient (Wildman–Crippen LogP) is 4.08. The van der Waals surface area contributed by atoms with Gasteiger partial charge in [0.05, 0.1) is 0 Å². The summed E-state index contributed by atoms with van der Waals surface area (Å²) in [6.07, 6.45) is -0.295. The zero-order valence-corrected chi connectivity index (χ0v) is 10.8. The van der Waals surface area contributed by atoms with E-state index >= 15 is 0 Å². The van der Waals surface area contributed by atoms with Gasteiger partial charge in [-0.15, -0.1) is 0 Å². The molecule has 0 aliphatic heterocycles. The summed E-state index contributed by atoms with van der Waals surface area (Å²) < 4.78 is 64.5. The predicted molar refractivity (Wildman–Crippen MR) is 56.4 cm³/mol. The van der Waals surface area contributed by atoms with Crippen LogP contribution in [0.3, 0.4) is 0 Å². The van der Waals surface area contributed by atoms with Crippen LogP contribution in [0.5, 0.6) is 0 Å². The highest BCUT2D eigenvalue weighted by molar-refractivity contribution is 9.12. The highest BCUT2D eigenvalue weighted by atomic mass is 79.9. The number of benzene rings is 1. The van der Waals surface area contributed by atoms with Gasteiger partial charge in [0, 0.05) is 15.7 Å². The molecule has 0 aromatic heterocycles. The number of halogens is 7. The van der Waals surface area contributed by atoms with Gasteiger partial charge in [-0.25, -0.2) is 22.0 Å². The van der Waals surface area contributed by atoms with E-state index in [0.29, 0.717) is 5.33 Å². The highest BCUT2D eigenvalue weighted by Crippen LogP contribution is 2.25. The minimum atomic E-state index is -2.14. The molecule has 0 nitrogen and oxygen atoms in total. The van der Waals surface area contributed by atoms with Gasteiger partial charge in [0.2, 0.25) is 5.82 Å². The van der Waals surface area contributed by atoms with Gasteiger partial charge in [-0.2, -0.15) is 0 Å². The SMILES string of the molecule is Fc1c(F)c(F)c(CC(Br)CBr)c(F)c1F. The van der Waals surface area contributed by atoms with Crippen molar-refractivity contribution in [2.75, 3.05) is 5.33 Å². The van der Waals surface area contributed by atoms with E-state index in [9.17, 15) is 22.0 Å². The largest absolute Gasteiger partial charge is 0.203 e. The van der Waals surface area contributed by atoms with E-state index in [1.807, 2.05) is 0 Å². The molecular weight excluding hydrogens is 363 g/mol. The molecule has 0 fully saturated rings. The van der Waals surface area contributed by atoms with Crippen molar-refractivity contribution in [2.45, 2.75) is 11.2 Å². The second-order valence-electron chi connectivity index (χ2n) is 3.00. The van der Waals surface area contributed by atoms with Crippen molar-refractivity contribution < 1.29 is 22.0 Å². The van der Waals surface area contributed by atoms with Crippen molar-refractivity contribution in [1.29, 1.82) is 0 Å². The molecule has 16 heavy (non-hydrogen) atoms. The lowest BCUT2D eigenvalue weighted by molar-refractivity contribution is 0.370. The molecule has 1 unspecified atom stereocenters. The van der Waals surface area contributed by atoms with Crippen LogP contribution in [0.25, 0.3) is 0 Å². The lowest BCUT2D eigenvalue weighted by atomic mass is 10.1. The number of alkyl halides is 2. The van der Waals surface area contributed by atoms with E-state index in [0.717, 1.165) is 0 Å². The van der Waals surface area contributed by atoms with Gasteiger partial charge in [0.15, 0.2) is 23.3 Å². The van der Waals surface area contributed by atoms with E-state index in [4.69, 9.17) is 0 Å². The van der Waals surface area contributed by atoms with Crippen LogP contribution in [-0.2, 0) is 6.42 Å². The van der Waals surface area contributed by atoms with Gasteiger partial charge in [0.1, 0.15) is 0 Å². The number of hydrogen-bond donors (Lipinski definition) is 0. The molecule has 0 radical (unpaired) electrons. The van der Waals surface area contributed by atoms with E-state index in [2.05, 4.69) is 31.9 Å². The Bertz CT molecular complexity index is 378. The minimum Gasteiger partial charge on any atom is -0.203 e. The average Bonchev–Trinajstić information content (AvgIpc) is 2.29. The zero-order valence-electron chi connectivity index (χ0n) is 7.64. The van der Waals surface area contributed by atoms with Gasteiger partial charge in [-0.05, 0) is 6.42 Å². The molecule has 1 aromatic carbocycles. The molecule has 0 amide bonds. The molecule has 0 saturated heterocycles. The van der Waals surface area contributed by atoms with E-state index in [-0.39, 0.29) is 6.42 Å². The molecule has 0 aliphatic carbocycles. The standard InChI is InChI=1S/C9H5Br2F5/c10-2-3(11)1-4-5(12)7(14)9(16)8(15)6(4)13/h3H,1-2H2. The van der Waals surface area contributed by atoms with Gasteiger partial charge in [-0.1, -0.05) is 31.9 Å². The Morgan fingerprint density at radius 1 is 0.812 bits per heavy atom. The molecule has 1 aromatic rings. The van der Waals surface area contributed by atoms with Gasteiger partial charge >= 0.3 is 0 Å². The highest BCUT2D eigenvalue weighted by Gasteiger charge is 2.26. The summed E-state index contributed by atoms with van der Waals surface area (Å²) >= 11 is 6.05. The molecule has 0 saturated carbocycles. The first-order valence-corrected chi connectivity index (χ1v) is 6.14. The average molecular weight is 368 g/mol. The number of rotatable bonds is 3. The zero-order chi connectivity index (χ0) is 12.5. The molecule has 90 valence electrons. The molecule has 1 atom stereocenters. The Hall–Kier alpha value is -0.170. The van der Waals surface area contributed by atoms with Crippen LogP contribution in [0.2, 0.25) is 0 Å². The molecule has 7 heteroatoms. The van der Waals surface area contributed by atoms with Gasteiger partial charge < -0.3 is 0 Å². The normalized spacial score (nSPS) is 12.9. The molecular formula is C9H5Br2F5. The van der Waals surface area contributed by atoms with Gasteiger partial charge in [-0.3, -0.25) is 0 Å². The molecule has 0 bridgehead atoms. The Balaban J connectivity index is 3.28. The lowest BCUT2D eigenvalue weighted by Crippen LogP contribution is -2.12. The third-order valence-corrected chi connectivity index (χ3v) is 4.19. The van der Waals surface area contributed by atoms with Crippen LogP contribution in [0.1, 0.15) is 5.56 Å². The summed E-state index contributed by atoms with van der Waals surface area (Å²) in [6.45, 7) is 0. The Morgan fingerprint density at radius 2 is 1.19 bits per heavy atom. The molecule has 0 aliphatic rings.